The van der Waals surface area contributed by atoms with E-state index in [4.69, 9.17) is 5.73 Å². The molecule has 3 rings (SSSR count). The predicted molar refractivity (Wildman–Crippen MR) is 85.4 cm³/mol. The highest BCUT2D eigenvalue weighted by Gasteiger charge is 2.39. The molecule has 2 fully saturated rings. The van der Waals surface area contributed by atoms with Crippen LogP contribution in [0.1, 0.15) is 44.6 Å². The van der Waals surface area contributed by atoms with Gasteiger partial charge in [0.1, 0.15) is 0 Å². The first kappa shape index (κ1) is 13.8. The Bertz CT molecular complexity index is 458. The van der Waals surface area contributed by atoms with Crippen LogP contribution in [0.25, 0.3) is 6.08 Å². The summed E-state index contributed by atoms with van der Waals surface area (Å²) in [6, 6.07) is 12.5. The van der Waals surface area contributed by atoms with Crippen molar-refractivity contribution in [3.8, 4) is 0 Å². The minimum Gasteiger partial charge on any atom is -0.328 e. The van der Waals surface area contributed by atoms with Crippen molar-refractivity contribution in [2.45, 2.75) is 57.2 Å². The third-order valence-corrected chi connectivity index (χ3v) is 4.79. The first-order valence-corrected chi connectivity index (χ1v) is 7.97. The normalized spacial score (nSPS) is 34.0. The molecule has 2 saturated carbocycles. The van der Waals surface area contributed by atoms with E-state index in [1.54, 1.807) is 0 Å². The number of hydrogen-bond acceptors (Lipinski definition) is 2. The molecule has 2 aliphatic rings. The average Bonchev–Trinajstić information content (AvgIpc) is 3.22. The molecule has 0 aromatic heterocycles. The lowest BCUT2D eigenvalue weighted by Gasteiger charge is -2.27. The summed E-state index contributed by atoms with van der Waals surface area (Å²) in [6.45, 7) is 2.27. The number of benzene rings is 1. The van der Waals surface area contributed by atoms with E-state index in [0.29, 0.717) is 18.1 Å². The van der Waals surface area contributed by atoms with Crippen LogP contribution in [0.3, 0.4) is 0 Å². The molecule has 3 N–H and O–H groups in total. The Hall–Kier alpha value is -1.12. The Morgan fingerprint density at radius 2 is 1.85 bits per heavy atom. The van der Waals surface area contributed by atoms with E-state index in [9.17, 15) is 0 Å². The van der Waals surface area contributed by atoms with E-state index >= 15 is 0 Å². The maximum absolute atomic E-state index is 5.97. The Balaban J connectivity index is 1.50. The molecule has 0 heterocycles. The van der Waals surface area contributed by atoms with E-state index in [2.05, 4.69) is 48.6 Å². The summed E-state index contributed by atoms with van der Waals surface area (Å²) in [5.74, 6) is 0.741. The predicted octanol–water partition coefficient (Wildman–Crippen LogP) is 3.34. The number of rotatable bonds is 4. The molecule has 0 aliphatic heterocycles. The molecule has 1 aromatic rings. The minimum absolute atomic E-state index is 0.447. The fraction of sp³-hybridized carbons (Fsp3) is 0.556. The smallest absolute Gasteiger partial charge is 0.0142 e. The van der Waals surface area contributed by atoms with Gasteiger partial charge in [-0.25, -0.2) is 0 Å². The van der Waals surface area contributed by atoms with Crippen molar-refractivity contribution in [2.24, 2.45) is 11.7 Å². The maximum atomic E-state index is 5.97. The average molecular weight is 270 g/mol. The van der Waals surface area contributed by atoms with Crippen molar-refractivity contribution >= 4 is 6.08 Å². The van der Waals surface area contributed by atoms with Crippen molar-refractivity contribution in [1.29, 1.82) is 0 Å². The van der Waals surface area contributed by atoms with Crippen molar-refractivity contribution in [2.75, 3.05) is 0 Å². The van der Waals surface area contributed by atoms with Crippen LogP contribution in [0.5, 0.6) is 0 Å². The molecule has 2 nitrogen and oxygen atoms in total. The van der Waals surface area contributed by atoms with Crippen LogP contribution in [-0.4, -0.2) is 18.1 Å². The van der Waals surface area contributed by atoms with Crippen LogP contribution in [-0.2, 0) is 0 Å². The number of hydrogen-bond donors (Lipinski definition) is 2. The summed E-state index contributed by atoms with van der Waals surface area (Å²) < 4.78 is 0. The Morgan fingerprint density at radius 3 is 2.55 bits per heavy atom. The summed E-state index contributed by atoms with van der Waals surface area (Å²) in [4.78, 5) is 0. The molecule has 20 heavy (non-hydrogen) atoms. The summed E-state index contributed by atoms with van der Waals surface area (Å²) in [7, 11) is 0. The molecule has 1 aromatic carbocycles. The molecule has 0 radical (unpaired) electrons. The fourth-order valence-corrected chi connectivity index (χ4v) is 3.39. The van der Waals surface area contributed by atoms with Gasteiger partial charge in [-0.05, 0) is 50.5 Å². The summed E-state index contributed by atoms with van der Waals surface area (Å²) in [5, 5.41) is 3.83. The highest BCUT2D eigenvalue weighted by Crippen LogP contribution is 2.39. The third kappa shape index (κ3) is 3.50. The monoisotopic (exact) mass is 270 g/mol. The van der Waals surface area contributed by atoms with Gasteiger partial charge in [0.15, 0.2) is 0 Å². The largest absolute Gasteiger partial charge is 0.328 e. The molecule has 2 heteroatoms. The van der Waals surface area contributed by atoms with E-state index in [1.165, 1.54) is 43.2 Å². The molecule has 0 spiro atoms. The van der Waals surface area contributed by atoms with E-state index in [1.807, 2.05) is 0 Å². The van der Waals surface area contributed by atoms with Crippen molar-refractivity contribution in [1.82, 2.24) is 5.32 Å². The van der Waals surface area contributed by atoms with E-state index < -0.39 is 0 Å². The molecule has 0 unspecified atom stereocenters. The first-order chi connectivity index (χ1) is 9.72. The van der Waals surface area contributed by atoms with Gasteiger partial charge in [0.2, 0.25) is 0 Å². The first-order valence-electron chi connectivity index (χ1n) is 7.97. The molecule has 2 atom stereocenters. The van der Waals surface area contributed by atoms with Gasteiger partial charge >= 0.3 is 0 Å². The van der Waals surface area contributed by atoms with Crippen molar-refractivity contribution in [3.05, 3.63) is 41.5 Å². The molecule has 108 valence electrons. The van der Waals surface area contributed by atoms with Crippen LogP contribution >= 0.6 is 0 Å². The number of nitrogens with two attached hydrogens (primary N) is 1. The third-order valence-electron chi connectivity index (χ3n) is 4.79. The zero-order valence-corrected chi connectivity index (χ0v) is 12.4. The van der Waals surface area contributed by atoms with E-state index in [-0.39, 0.29) is 0 Å². The highest BCUT2D eigenvalue weighted by molar-refractivity contribution is 5.53. The lowest BCUT2D eigenvalue weighted by Crippen LogP contribution is -2.38. The fourth-order valence-electron chi connectivity index (χ4n) is 3.39. The quantitative estimate of drug-likeness (QED) is 0.880. The second-order valence-electron chi connectivity index (χ2n) is 6.53. The molecular formula is C18H26N2. The van der Waals surface area contributed by atoms with Crippen LogP contribution in [0, 0.1) is 5.92 Å². The van der Waals surface area contributed by atoms with Gasteiger partial charge in [-0.3, -0.25) is 0 Å². The van der Waals surface area contributed by atoms with Crippen molar-refractivity contribution in [3.63, 3.8) is 0 Å². The van der Waals surface area contributed by atoms with Crippen LogP contribution in [0.4, 0.5) is 0 Å². The SMILES string of the molecule is C/C(=C\c1ccccc1)[C@@H]1C[C@H]1N[C@H]1CC[C@H](N)CC1. The summed E-state index contributed by atoms with van der Waals surface area (Å²) in [5.41, 5.74) is 8.80. The van der Waals surface area contributed by atoms with Crippen LogP contribution in [0.15, 0.2) is 35.9 Å². The molecule has 0 amide bonds. The van der Waals surface area contributed by atoms with Gasteiger partial charge in [-0.2, -0.15) is 0 Å². The number of nitrogens with one attached hydrogen (secondary N) is 1. The zero-order valence-electron chi connectivity index (χ0n) is 12.4. The van der Waals surface area contributed by atoms with Crippen molar-refractivity contribution < 1.29 is 0 Å². The standard InChI is InChI=1S/C18H26N2/c1-13(11-14-5-3-2-4-6-14)17-12-18(17)20-16-9-7-15(19)8-10-16/h2-6,11,15-18,20H,7-10,12,19H2,1H3/b13-11+/t15-,16-,17-,18+/m0/s1. The molecule has 0 bridgehead atoms. The zero-order chi connectivity index (χ0) is 13.9. The lowest BCUT2D eigenvalue weighted by atomic mass is 9.92. The minimum atomic E-state index is 0.447. The Morgan fingerprint density at radius 1 is 1.15 bits per heavy atom. The molecule has 0 saturated heterocycles. The summed E-state index contributed by atoms with van der Waals surface area (Å²) in [6.07, 6.45) is 8.53. The van der Waals surface area contributed by atoms with Gasteiger partial charge in [0, 0.05) is 18.1 Å². The molecular weight excluding hydrogens is 244 g/mol. The maximum Gasteiger partial charge on any atom is 0.0142 e. The Kier molecular flexibility index (Phi) is 4.23. The second-order valence-corrected chi connectivity index (χ2v) is 6.53. The van der Waals surface area contributed by atoms with Gasteiger partial charge < -0.3 is 11.1 Å². The lowest BCUT2D eigenvalue weighted by molar-refractivity contribution is 0.338. The van der Waals surface area contributed by atoms with E-state index in [0.717, 1.165) is 5.92 Å². The van der Waals surface area contributed by atoms with Gasteiger partial charge in [0.05, 0.1) is 0 Å². The summed E-state index contributed by atoms with van der Waals surface area (Å²) >= 11 is 0. The topological polar surface area (TPSA) is 38.0 Å². The van der Waals surface area contributed by atoms with Crippen LogP contribution in [0.2, 0.25) is 0 Å². The van der Waals surface area contributed by atoms with Gasteiger partial charge in [-0.15, -0.1) is 0 Å². The van der Waals surface area contributed by atoms with Crippen LogP contribution < -0.4 is 11.1 Å². The highest BCUT2D eigenvalue weighted by atomic mass is 15.0. The molecule has 2 aliphatic carbocycles. The Labute approximate surface area is 122 Å². The second kappa shape index (κ2) is 6.11. The van der Waals surface area contributed by atoms with Gasteiger partial charge in [0.25, 0.3) is 0 Å². The van der Waals surface area contributed by atoms with Gasteiger partial charge in [-0.1, -0.05) is 42.0 Å².